The lowest BCUT2D eigenvalue weighted by atomic mass is 10.1. The van der Waals surface area contributed by atoms with Crippen molar-refractivity contribution in [3.63, 3.8) is 0 Å². The van der Waals surface area contributed by atoms with Crippen molar-refractivity contribution < 1.29 is 27.5 Å². The molecule has 2 rings (SSSR count). The number of benzene rings is 2. The van der Waals surface area contributed by atoms with Crippen molar-refractivity contribution in [1.29, 1.82) is 0 Å². The number of esters is 1. The molecule has 2 aromatic rings. The van der Waals surface area contributed by atoms with Gasteiger partial charge >= 0.3 is 12.1 Å². The third-order valence-corrected chi connectivity index (χ3v) is 3.01. The maximum absolute atomic E-state index is 12.6. The van der Waals surface area contributed by atoms with Gasteiger partial charge in [0.05, 0.1) is 12.0 Å². The van der Waals surface area contributed by atoms with E-state index in [1.54, 1.807) is 12.1 Å². The molecule has 0 aliphatic rings. The SMILES string of the molecule is CC(=O)Nc1ccc(OC(=O)Cc2cccc(C(F)(F)F)c2)cc1. The summed E-state index contributed by atoms with van der Waals surface area (Å²) in [5, 5.41) is 2.56. The summed E-state index contributed by atoms with van der Waals surface area (Å²) in [6.07, 6.45) is -4.74. The number of nitrogens with one attached hydrogen (secondary N) is 1. The average Bonchev–Trinajstić information content (AvgIpc) is 2.48. The van der Waals surface area contributed by atoms with Crippen LogP contribution in [0.5, 0.6) is 5.75 Å². The van der Waals surface area contributed by atoms with Crippen molar-refractivity contribution in [2.45, 2.75) is 19.5 Å². The average molecular weight is 337 g/mol. The third-order valence-electron chi connectivity index (χ3n) is 3.01. The highest BCUT2D eigenvalue weighted by atomic mass is 19.4. The predicted octanol–water partition coefficient (Wildman–Crippen LogP) is 3.81. The monoisotopic (exact) mass is 337 g/mol. The first-order chi connectivity index (χ1) is 11.2. The zero-order valence-electron chi connectivity index (χ0n) is 12.7. The molecule has 2 aromatic carbocycles. The summed E-state index contributed by atoms with van der Waals surface area (Å²) in [7, 11) is 0. The Labute approximate surface area is 136 Å². The van der Waals surface area contributed by atoms with E-state index in [0.29, 0.717) is 5.69 Å². The van der Waals surface area contributed by atoms with Crippen LogP contribution < -0.4 is 10.1 Å². The number of hydrogen-bond acceptors (Lipinski definition) is 3. The molecule has 1 N–H and O–H groups in total. The summed E-state index contributed by atoms with van der Waals surface area (Å²) >= 11 is 0. The van der Waals surface area contributed by atoms with Crippen LogP contribution in [-0.2, 0) is 22.2 Å². The number of carbonyl (C=O) groups is 2. The van der Waals surface area contributed by atoms with Crippen LogP contribution in [0.4, 0.5) is 18.9 Å². The largest absolute Gasteiger partial charge is 0.426 e. The maximum atomic E-state index is 12.6. The van der Waals surface area contributed by atoms with Gasteiger partial charge in [0.1, 0.15) is 5.75 Å². The second-order valence-electron chi connectivity index (χ2n) is 5.05. The van der Waals surface area contributed by atoms with Crippen LogP contribution >= 0.6 is 0 Å². The summed E-state index contributed by atoms with van der Waals surface area (Å²) in [5.74, 6) is -0.674. The van der Waals surface area contributed by atoms with E-state index < -0.39 is 17.7 Å². The number of hydrogen-bond donors (Lipinski definition) is 1. The molecule has 0 saturated carbocycles. The normalized spacial score (nSPS) is 11.0. The first-order valence-electron chi connectivity index (χ1n) is 6.98. The van der Waals surface area contributed by atoms with Crippen molar-refractivity contribution in [3.05, 3.63) is 59.7 Å². The minimum atomic E-state index is -4.46. The van der Waals surface area contributed by atoms with Crippen molar-refractivity contribution in [1.82, 2.24) is 0 Å². The number of halogens is 3. The van der Waals surface area contributed by atoms with Gasteiger partial charge in [0.25, 0.3) is 0 Å². The van der Waals surface area contributed by atoms with Gasteiger partial charge in [-0.3, -0.25) is 9.59 Å². The first kappa shape index (κ1) is 17.5. The Morgan fingerprint density at radius 2 is 1.75 bits per heavy atom. The van der Waals surface area contributed by atoms with Crippen molar-refractivity contribution in [3.8, 4) is 5.75 Å². The van der Waals surface area contributed by atoms with Gasteiger partial charge in [0.15, 0.2) is 0 Å². The van der Waals surface area contributed by atoms with Gasteiger partial charge in [-0.25, -0.2) is 0 Å². The smallest absolute Gasteiger partial charge is 0.416 e. The second-order valence-corrected chi connectivity index (χ2v) is 5.05. The lowest BCUT2D eigenvalue weighted by Crippen LogP contribution is -2.12. The maximum Gasteiger partial charge on any atom is 0.416 e. The Morgan fingerprint density at radius 1 is 1.08 bits per heavy atom. The summed E-state index contributed by atoms with van der Waals surface area (Å²) in [6, 6.07) is 10.6. The van der Waals surface area contributed by atoms with Crippen LogP contribution in [0.2, 0.25) is 0 Å². The van der Waals surface area contributed by atoms with Gasteiger partial charge in [0.2, 0.25) is 5.91 Å². The fraction of sp³-hybridized carbons (Fsp3) is 0.176. The van der Waals surface area contributed by atoms with Gasteiger partial charge < -0.3 is 10.1 Å². The molecular formula is C17H14F3NO3. The van der Waals surface area contributed by atoms with Crippen molar-refractivity contribution >= 4 is 17.6 Å². The van der Waals surface area contributed by atoms with Gasteiger partial charge in [-0.1, -0.05) is 18.2 Å². The molecule has 0 aliphatic carbocycles. The highest BCUT2D eigenvalue weighted by Crippen LogP contribution is 2.29. The minimum absolute atomic E-state index is 0.213. The molecule has 0 atom stereocenters. The lowest BCUT2D eigenvalue weighted by Gasteiger charge is -2.09. The van der Waals surface area contributed by atoms with Crippen LogP contribution in [0.15, 0.2) is 48.5 Å². The van der Waals surface area contributed by atoms with Crippen molar-refractivity contribution in [2.24, 2.45) is 0 Å². The van der Waals surface area contributed by atoms with Crippen LogP contribution in [0, 0.1) is 0 Å². The standard InChI is InChI=1S/C17H14F3NO3/c1-11(22)21-14-5-7-15(8-6-14)24-16(23)10-12-3-2-4-13(9-12)17(18,19)20/h2-9H,10H2,1H3,(H,21,22). The molecule has 0 aromatic heterocycles. The summed E-state index contributed by atoms with van der Waals surface area (Å²) in [6.45, 7) is 1.36. The number of amides is 1. The molecular weight excluding hydrogens is 323 g/mol. The quantitative estimate of drug-likeness (QED) is 0.682. The molecule has 0 fully saturated rings. The van der Waals surface area contributed by atoms with Crippen LogP contribution in [0.1, 0.15) is 18.1 Å². The molecule has 0 spiro atoms. The molecule has 4 nitrogen and oxygen atoms in total. The number of anilines is 1. The highest BCUT2D eigenvalue weighted by Gasteiger charge is 2.30. The fourth-order valence-corrected chi connectivity index (χ4v) is 2.00. The van der Waals surface area contributed by atoms with Gasteiger partial charge in [0, 0.05) is 12.6 Å². The molecule has 126 valence electrons. The van der Waals surface area contributed by atoms with E-state index in [0.717, 1.165) is 12.1 Å². The Balaban J connectivity index is 1.99. The van der Waals surface area contributed by atoms with Gasteiger partial charge in [-0.05, 0) is 35.9 Å². The van der Waals surface area contributed by atoms with Gasteiger partial charge in [-0.2, -0.15) is 13.2 Å². The van der Waals surface area contributed by atoms with E-state index in [1.807, 2.05) is 0 Å². The molecule has 0 unspecified atom stereocenters. The Hall–Kier alpha value is -2.83. The van der Waals surface area contributed by atoms with Crippen molar-refractivity contribution in [2.75, 3.05) is 5.32 Å². The molecule has 0 bridgehead atoms. The number of rotatable bonds is 4. The van der Waals surface area contributed by atoms with E-state index >= 15 is 0 Å². The second kappa shape index (κ2) is 7.16. The van der Waals surface area contributed by atoms with E-state index in [4.69, 9.17) is 4.74 Å². The summed E-state index contributed by atoms with van der Waals surface area (Å²) in [4.78, 5) is 22.7. The number of alkyl halides is 3. The summed E-state index contributed by atoms with van der Waals surface area (Å²) in [5.41, 5.74) is -0.0580. The Morgan fingerprint density at radius 3 is 2.33 bits per heavy atom. The molecule has 7 heteroatoms. The fourth-order valence-electron chi connectivity index (χ4n) is 2.00. The van der Waals surface area contributed by atoms with E-state index in [9.17, 15) is 22.8 Å². The van der Waals surface area contributed by atoms with E-state index in [-0.39, 0.29) is 23.6 Å². The zero-order valence-corrected chi connectivity index (χ0v) is 12.7. The van der Waals surface area contributed by atoms with E-state index in [1.165, 1.54) is 31.2 Å². The molecule has 0 heterocycles. The molecule has 0 aliphatic heterocycles. The molecule has 1 amide bonds. The minimum Gasteiger partial charge on any atom is -0.426 e. The third kappa shape index (κ3) is 5.12. The zero-order chi connectivity index (χ0) is 17.7. The van der Waals surface area contributed by atoms with Crippen LogP contribution in [0.3, 0.4) is 0 Å². The van der Waals surface area contributed by atoms with Crippen LogP contribution in [0.25, 0.3) is 0 Å². The number of ether oxygens (including phenoxy) is 1. The van der Waals surface area contributed by atoms with E-state index in [2.05, 4.69) is 5.32 Å². The highest BCUT2D eigenvalue weighted by molar-refractivity contribution is 5.88. The van der Waals surface area contributed by atoms with Gasteiger partial charge in [-0.15, -0.1) is 0 Å². The topological polar surface area (TPSA) is 55.4 Å². The molecule has 0 radical (unpaired) electrons. The summed E-state index contributed by atoms with van der Waals surface area (Å²) < 4.78 is 43.0. The lowest BCUT2D eigenvalue weighted by molar-refractivity contribution is -0.138. The Bertz CT molecular complexity index is 739. The van der Waals surface area contributed by atoms with Crippen LogP contribution in [-0.4, -0.2) is 11.9 Å². The molecule has 0 saturated heterocycles. The predicted molar refractivity (Wildman–Crippen MR) is 81.5 cm³/mol. The molecule has 24 heavy (non-hydrogen) atoms. The number of carbonyl (C=O) groups excluding carboxylic acids is 2. The Kier molecular flexibility index (Phi) is 5.23. The first-order valence-corrected chi connectivity index (χ1v) is 6.98.